The molecule has 3 heterocycles. The predicted molar refractivity (Wildman–Crippen MR) is 102 cm³/mol. The summed E-state index contributed by atoms with van der Waals surface area (Å²) in [5.74, 6) is 0.0920. The van der Waals surface area contributed by atoms with Gasteiger partial charge in [0, 0.05) is 24.5 Å². The molecule has 2 aliphatic rings. The Bertz CT molecular complexity index is 970. The number of nitrogens with one attached hydrogen (secondary N) is 1. The molecular formula is C19H22FN6O2+. The summed E-state index contributed by atoms with van der Waals surface area (Å²) in [6.07, 6.45) is 4.76. The Hall–Kier alpha value is -2.94. The minimum Gasteiger partial charge on any atom is -0.367 e. The number of benzene rings is 1. The molecule has 1 unspecified atom stereocenters. The lowest BCUT2D eigenvalue weighted by atomic mass is 10.0. The van der Waals surface area contributed by atoms with Crippen molar-refractivity contribution in [2.45, 2.75) is 24.9 Å². The summed E-state index contributed by atoms with van der Waals surface area (Å²) in [5.41, 5.74) is 0.689. The number of hydrogen-bond donors (Lipinski definition) is 1. The summed E-state index contributed by atoms with van der Waals surface area (Å²) in [6.45, 7) is 1.41. The molecule has 2 aromatic rings. The Labute approximate surface area is 161 Å². The van der Waals surface area contributed by atoms with Gasteiger partial charge in [-0.2, -0.15) is 9.69 Å². The second-order valence-electron chi connectivity index (χ2n) is 7.22. The molecule has 9 heteroatoms. The first-order chi connectivity index (χ1) is 13.4. The number of anilines is 1. The minimum atomic E-state index is -0.428. The lowest BCUT2D eigenvalue weighted by molar-refractivity contribution is -0.401. The van der Waals surface area contributed by atoms with E-state index in [1.807, 2.05) is 0 Å². The summed E-state index contributed by atoms with van der Waals surface area (Å²) in [7, 11) is 3.17. The van der Waals surface area contributed by atoms with Crippen molar-refractivity contribution in [3.05, 3.63) is 30.3 Å². The zero-order valence-electron chi connectivity index (χ0n) is 15.8. The number of imide groups is 1. The maximum absolute atomic E-state index is 13.6. The molecule has 0 aliphatic carbocycles. The molecule has 146 valence electrons. The van der Waals surface area contributed by atoms with Crippen molar-refractivity contribution in [2.75, 3.05) is 32.5 Å². The van der Waals surface area contributed by atoms with Crippen LogP contribution in [0.1, 0.15) is 12.8 Å². The van der Waals surface area contributed by atoms with E-state index in [1.54, 1.807) is 19.3 Å². The zero-order chi connectivity index (χ0) is 19.8. The van der Waals surface area contributed by atoms with Gasteiger partial charge in [0.25, 0.3) is 0 Å². The average Bonchev–Trinajstić information content (AvgIpc) is 2.70. The normalized spacial score (nSPS) is 21.9. The summed E-state index contributed by atoms with van der Waals surface area (Å²) in [6, 6.07) is 3.87. The number of carbonyl (C=O) groups excluding carboxylic acids is 2. The van der Waals surface area contributed by atoms with Crippen molar-refractivity contribution in [1.29, 1.82) is 0 Å². The predicted octanol–water partition coefficient (Wildman–Crippen LogP) is 1.32. The van der Waals surface area contributed by atoms with E-state index in [1.165, 1.54) is 30.1 Å². The highest BCUT2D eigenvalue weighted by atomic mass is 19.1. The van der Waals surface area contributed by atoms with E-state index in [9.17, 15) is 14.0 Å². The topological polar surface area (TPSA) is 81.4 Å². The van der Waals surface area contributed by atoms with Crippen LogP contribution in [0.2, 0.25) is 0 Å². The molecule has 3 amide bonds. The molecule has 1 saturated heterocycles. The number of halogens is 1. The Morgan fingerprint density at radius 1 is 1.21 bits per heavy atom. The van der Waals surface area contributed by atoms with Crippen molar-refractivity contribution >= 4 is 34.9 Å². The van der Waals surface area contributed by atoms with Crippen LogP contribution in [-0.4, -0.2) is 81.8 Å². The summed E-state index contributed by atoms with van der Waals surface area (Å²) in [4.78, 5) is 36.0. The SMILES string of the molecule is CN1C(=O)C(N2CCC(Nc3ncnc4ccc(F)cc34)CC2)C=[N+](C)C1=O. The van der Waals surface area contributed by atoms with Gasteiger partial charge in [-0.15, -0.1) is 0 Å². The second-order valence-corrected chi connectivity index (χ2v) is 7.22. The smallest absolute Gasteiger partial charge is 0.367 e. The van der Waals surface area contributed by atoms with Gasteiger partial charge in [0.2, 0.25) is 0 Å². The largest absolute Gasteiger partial charge is 0.500 e. The second kappa shape index (κ2) is 7.23. The highest BCUT2D eigenvalue weighted by molar-refractivity contribution is 6.06. The van der Waals surface area contributed by atoms with Gasteiger partial charge in [-0.1, -0.05) is 0 Å². The van der Waals surface area contributed by atoms with Gasteiger partial charge in [-0.3, -0.25) is 4.90 Å². The number of carbonyl (C=O) groups is 2. The number of likely N-dealkylation sites (N-methyl/N-ethyl adjacent to an activating group) is 1. The number of piperidine rings is 1. The van der Waals surface area contributed by atoms with E-state index in [0.29, 0.717) is 29.8 Å². The zero-order valence-corrected chi connectivity index (χ0v) is 15.8. The van der Waals surface area contributed by atoms with Crippen molar-refractivity contribution in [3.8, 4) is 0 Å². The highest BCUT2D eigenvalue weighted by Crippen LogP contribution is 2.24. The third-order valence-electron chi connectivity index (χ3n) is 5.40. The Morgan fingerprint density at radius 3 is 2.71 bits per heavy atom. The van der Waals surface area contributed by atoms with Crippen LogP contribution in [-0.2, 0) is 4.79 Å². The minimum absolute atomic E-state index is 0.161. The van der Waals surface area contributed by atoms with Crippen LogP contribution in [0.5, 0.6) is 0 Å². The van der Waals surface area contributed by atoms with Crippen LogP contribution in [0.3, 0.4) is 0 Å². The van der Waals surface area contributed by atoms with E-state index >= 15 is 0 Å². The van der Waals surface area contributed by atoms with Crippen molar-refractivity contribution in [1.82, 2.24) is 19.8 Å². The molecule has 0 saturated carbocycles. The number of likely N-dealkylation sites (tertiary alicyclic amines) is 1. The highest BCUT2D eigenvalue weighted by Gasteiger charge is 2.42. The molecule has 8 nitrogen and oxygen atoms in total. The third kappa shape index (κ3) is 3.33. The molecule has 1 atom stereocenters. The lowest BCUT2D eigenvalue weighted by Crippen LogP contribution is -2.58. The summed E-state index contributed by atoms with van der Waals surface area (Å²) < 4.78 is 15.1. The summed E-state index contributed by atoms with van der Waals surface area (Å²) >= 11 is 0. The van der Waals surface area contributed by atoms with Crippen LogP contribution in [0, 0.1) is 5.82 Å². The molecule has 1 aromatic heterocycles. The van der Waals surface area contributed by atoms with Gasteiger partial charge in [0.1, 0.15) is 24.2 Å². The van der Waals surface area contributed by atoms with Crippen LogP contribution in [0.4, 0.5) is 15.0 Å². The maximum atomic E-state index is 13.6. The maximum Gasteiger partial charge on any atom is 0.500 e. The first-order valence-electron chi connectivity index (χ1n) is 9.24. The van der Waals surface area contributed by atoms with Gasteiger partial charge in [0.05, 0.1) is 19.6 Å². The van der Waals surface area contributed by atoms with Gasteiger partial charge in [-0.05, 0) is 31.0 Å². The van der Waals surface area contributed by atoms with Crippen molar-refractivity contribution < 1.29 is 18.6 Å². The number of hydrogen-bond acceptors (Lipinski definition) is 6. The quantitative estimate of drug-likeness (QED) is 0.803. The van der Waals surface area contributed by atoms with Crippen LogP contribution < -0.4 is 5.32 Å². The molecule has 1 aromatic carbocycles. The number of amides is 3. The summed E-state index contributed by atoms with van der Waals surface area (Å²) in [5, 5.41) is 4.05. The van der Waals surface area contributed by atoms with Gasteiger partial charge in [-0.25, -0.2) is 23.7 Å². The average molecular weight is 385 g/mol. The standard InChI is InChI=1S/C19H22FN6O2/c1-24-10-16(18(27)25(2)19(24)28)26-7-5-13(6-8-26)23-17-14-9-12(20)3-4-15(14)21-11-22-17/h3-4,9-11,13,16H,5-8H2,1-2H3,(H,21,22,23)/q+1. The number of aromatic nitrogens is 2. The fraction of sp³-hybridized carbons (Fsp3) is 0.421. The molecule has 1 fully saturated rings. The third-order valence-corrected chi connectivity index (χ3v) is 5.40. The first-order valence-corrected chi connectivity index (χ1v) is 9.24. The van der Waals surface area contributed by atoms with Crippen LogP contribution in [0.15, 0.2) is 24.5 Å². The van der Waals surface area contributed by atoms with E-state index < -0.39 is 6.04 Å². The molecule has 2 aliphatic heterocycles. The Balaban J connectivity index is 1.45. The molecule has 4 rings (SSSR count). The van der Waals surface area contributed by atoms with Crippen LogP contribution in [0.25, 0.3) is 10.9 Å². The Kier molecular flexibility index (Phi) is 4.76. The lowest BCUT2D eigenvalue weighted by Gasteiger charge is -2.36. The molecule has 28 heavy (non-hydrogen) atoms. The van der Waals surface area contributed by atoms with E-state index in [-0.39, 0.29) is 23.8 Å². The molecule has 0 spiro atoms. The molecular weight excluding hydrogens is 363 g/mol. The van der Waals surface area contributed by atoms with E-state index in [4.69, 9.17) is 0 Å². The number of rotatable bonds is 3. The van der Waals surface area contributed by atoms with Crippen LogP contribution >= 0.6 is 0 Å². The monoisotopic (exact) mass is 385 g/mol. The Morgan fingerprint density at radius 2 is 1.96 bits per heavy atom. The fourth-order valence-corrected chi connectivity index (χ4v) is 3.78. The number of fused-ring (bicyclic) bond motifs is 1. The number of urea groups is 1. The van der Waals surface area contributed by atoms with Crippen molar-refractivity contribution in [3.63, 3.8) is 0 Å². The van der Waals surface area contributed by atoms with E-state index in [2.05, 4.69) is 20.2 Å². The van der Waals surface area contributed by atoms with E-state index in [0.717, 1.165) is 17.7 Å². The van der Waals surface area contributed by atoms with Crippen molar-refractivity contribution in [2.24, 2.45) is 0 Å². The molecule has 0 radical (unpaired) electrons. The molecule has 1 N–H and O–H groups in total. The van der Waals surface area contributed by atoms with Gasteiger partial charge < -0.3 is 5.32 Å². The van der Waals surface area contributed by atoms with Gasteiger partial charge >= 0.3 is 11.9 Å². The van der Waals surface area contributed by atoms with Gasteiger partial charge in [0.15, 0.2) is 6.04 Å². The fourth-order valence-electron chi connectivity index (χ4n) is 3.78. The first kappa shape index (κ1) is 18.4. The number of nitrogens with zero attached hydrogens (tertiary/aromatic N) is 5. The molecule has 0 bridgehead atoms.